The van der Waals surface area contributed by atoms with Crippen molar-refractivity contribution in [3.8, 4) is 0 Å². The summed E-state index contributed by atoms with van der Waals surface area (Å²) < 4.78 is 17.9. The number of hydrogen-bond donors (Lipinski definition) is 1. The zero-order valence-electron chi connectivity index (χ0n) is 15.5. The van der Waals surface area contributed by atoms with Crippen molar-refractivity contribution in [1.29, 1.82) is 0 Å². The highest BCUT2D eigenvalue weighted by molar-refractivity contribution is 5.96. The largest absolute Gasteiger partial charge is 0.452 e. The number of halogens is 1. The SMILES string of the molecule is CC(C)c1cccc(C(C)C)c1NC(=O)COC(=O)c1ccc(F)cc1. The molecule has 138 valence electrons. The van der Waals surface area contributed by atoms with E-state index in [0.717, 1.165) is 16.8 Å². The van der Waals surface area contributed by atoms with E-state index in [0.29, 0.717) is 0 Å². The molecule has 0 saturated carbocycles. The number of para-hydroxylation sites is 1. The maximum Gasteiger partial charge on any atom is 0.338 e. The van der Waals surface area contributed by atoms with Gasteiger partial charge in [0.05, 0.1) is 5.56 Å². The van der Waals surface area contributed by atoms with Gasteiger partial charge in [0.25, 0.3) is 5.91 Å². The molecule has 0 spiro atoms. The minimum atomic E-state index is -0.665. The van der Waals surface area contributed by atoms with Crippen molar-refractivity contribution in [2.24, 2.45) is 0 Å². The van der Waals surface area contributed by atoms with Gasteiger partial charge < -0.3 is 10.1 Å². The average molecular weight is 357 g/mol. The molecule has 0 saturated heterocycles. The molecule has 0 radical (unpaired) electrons. The molecule has 0 aromatic heterocycles. The number of rotatable bonds is 6. The molecule has 2 rings (SSSR count). The Hall–Kier alpha value is -2.69. The molecular weight excluding hydrogens is 333 g/mol. The van der Waals surface area contributed by atoms with Crippen LogP contribution in [0.5, 0.6) is 0 Å². The van der Waals surface area contributed by atoms with Gasteiger partial charge >= 0.3 is 5.97 Å². The van der Waals surface area contributed by atoms with Crippen LogP contribution in [-0.2, 0) is 9.53 Å². The average Bonchev–Trinajstić information content (AvgIpc) is 2.60. The number of anilines is 1. The summed E-state index contributed by atoms with van der Waals surface area (Å²) in [5.74, 6) is -1.03. The van der Waals surface area contributed by atoms with Crippen LogP contribution in [0, 0.1) is 5.82 Å². The van der Waals surface area contributed by atoms with Gasteiger partial charge in [-0.25, -0.2) is 9.18 Å². The summed E-state index contributed by atoms with van der Waals surface area (Å²) in [6.07, 6.45) is 0. The van der Waals surface area contributed by atoms with Gasteiger partial charge in [-0.2, -0.15) is 0 Å². The van der Waals surface area contributed by atoms with E-state index in [2.05, 4.69) is 33.0 Å². The first-order valence-electron chi connectivity index (χ1n) is 8.65. The molecule has 0 aliphatic carbocycles. The molecule has 0 bridgehead atoms. The van der Waals surface area contributed by atoms with Crippen molar-refractivity contribution in [3.05, 3.63) is 65.0 Å². The van der Waals surface area contributed by atoms with Gasteiger partial charge in [0.2, 0.25) is 0 Å². The van der Waals surface area contributed by atoms with E-state index in [1.54, 1.807) is 0 Å². The quantitative estimate of drug-likeness (QED) is 0.751. The van der Waals surface area contributed by atoms with Gasteiger partial charge in [-0.15, -0.1) is 0 Å². The summed E-state index contributed by atoms with van der Waals surface area (Å²) in [6, 6.07) is 10.9. The second-order valence-corrected chi connectivity index (χ2v) is 6.75. The predicted molar refractivity (Wildman–Crippen MR) is 99.9 cm³/mol. The van der Waals surface area contributed by atoms with Crippen molar-refractivity contribution in [2.45, 2.75) is 39.5 Å². The minimum Gasteiger partial charge on any atom is -0.452 e. The van der Waals surface area contributed by atoms with Crippen molar-refractivity contribution in [1.82, 2.24) is 0 Å². The number of ether oxygens (including phenoxy) is 1. The highest BCUT2D eigenvalue weighted by Gasteiger charge is 2.17. The second-order valence-electron chi connectivity index (χ2n) is 6.75. The number of carbonyl (C=O) groups excluding carboxylic acids is 2. The highest BCUT2D eigenvalue weighted by Crippen LogP contribution is 2.32. The molecule has 0 atom stereocenters. The number of carbonyl (C=O) groups is 2. The molecule has 0 heterocycles. The minimum absolute atomic E-state index is 0.199. The normalized spacial score (nSPS) is 10.9. The van der Waals surface area contributed by atoms with Gasteiger partial charge in [-0.05, 0) is 47.2 Å². The van der Waals surface area contributed by atoms with E-state index in [4.69, 9.17) is 4.74 Å². The summed E-state index contributed by atoms with van der Waals surface area (Å²) in [4.78, 5) is 24.2. The third-order valence-corrected chi connectivity index (χ3v) is 4.05. The number of esters is 1. The van der Waals surface area contributed by atoms with Gasteiger partial charge in [-0.1, -0.05) is 45.9 Å². The van der Waals surface area contributed by atoms with E-state index in [9.17, 15) is 14.0 Å². The van der Waals surface area contributed by atoms with Crippen LogP contribution in [0.15, 0.2) is 42.5 Å². The number of nitrogens with one attached hydrogen (secondary N) is 1. The first-order valence-corrected chi connectivity index (χ1v) is 8.65. The molecule has 1 N–H and O–H groups in total. The lowest BCUT2D eigenvalue weighted by Gasteiger charge is -2.20. The summed E-state index contributed by atoms with van der Waals surface area (Å²) in [7, 11) is 0. The lowest BCUT2D eigenvalue weighted by Crippen LogP contribution is -2.22. The maximum absolute atomic E-state index is 12.9. The van der Waals surface area contributed by atoms with Crippen LogP contribution in [0.2, 0.25) is 0 Å². The van der Waals surface area contributed by atoms with Crippen molar-refractivity contribution < 1.29 is 18.7 Å². The van der Waals surface area contributed by atoms with E-state index in [1.807, 2.05) is 18.2 Å². The van der Waals surface area contributed by atoms with Crippen LogP contribution in [0.3, 0.4) is 0 Å². The fraction of sp³-hybridized carbons (Fsp3) is 0.333. The smallest absolute Gasteiger partial charge is 0.338 e. The first kappa shape index (κ1) is 19.6. The van der Waals surface area contributed by atoms with Crippen LogP contribution < -0.4 is 5.32 Å². The van der Waals surface area contributed by atoms with E-state index >= 15 is 0 Å². The van der Waals surface area contributed by atoms with E-state index < -0.39 is 24.3 Å². The van der Waals surface area contributed by atoms with Gasteiger partial charge in [0.15, 0.2) is 6.61 Å². The zero-order valence-corrected chi connectivity index (χ0v) is 15.5. The molecule has 0 aliphatic heterocycles. The Morgan fingerprint density at radius 3 is 2.00 bits per heavy atom. The number of amides is 1. The summed E-state index contributed by atoms with van der Waals surface area (Å²) in [5, 5.41) is 2.88. The van der Waals surface area contributed by atoms with Crippen LogP contribution in [0.1, 0.15) is 61.0 Å². The van der Waals surface area contributed by atoms with Crippen molar-refractivity contribution in [2.75, 3.05) is 11.9 Å². The number of hydrogen-bond acceptors (Lipinski definition) is 3. The van der Waals surface area contributed by atoms with Crippen LogP contribution in [0.4, 0.5) is 10.1 Å². The molecule has 0 unspecified atom stereocenters. The third-order valence-electron chi connectivity index (χ3n) is 4.05. The number of benzene rings is 2. The Labute approximate surface area is 153 Å². The Morgan fingerprint density at radius 1 is 0.962 bits per heavy atom. The van der Waals surface area contributed by atoms with Crippen LogP contribution in [-0.4, -0.2) is 18.5 Å². The van der Waals surface area contributed by atoms with Gasteiger partial charge in [0.1, 0.15) is 5.82 Å². The van der Waals surface area contributed by atoms with Crippen molar-refractivity contribution in [3.63, 3.8) is 0 Å². The summed E-state index contributed by atoms with van der Waals surface area (Å²) in [6.45, 7) is 7.83. The monoisotopic (exact) mass is 357 g/mol. The standard InChI is InChI=1S/C21H24FNO3/c1-13(2)17-6-5-7-18(14(3)4)20(17)23-19(24)12-26-21(25)15-8-10-16(22)11-9-15/h5-11,13-14H,12H2,1-4H3,(H,23,24). The molecule has 4 nitrogen and oxygen atoms in total. The molecule has 26 heavy (non-hydrogen) atoms. The molecule has 2 aromatic rings. The van der Waals surface area contributed by atoms with E-state index in [-0.39, 0.29) is 17.4 Å². The lowest BCUT2D eigenvalue weighted by molar-refractivity contribution is -0.119. The molecule has 5 heteroatoms. The lowest BCUT2D eigenvalue weighted by atomic mass is 9.92. The van der Waals surface area contributed by atoms with Crippen molar-refractivity contribution >= 4 is 17.6 Å². The summed E-state index contributed by atoms with van der Waals surface area (Å²) in [5.41, 5.74) is 3.05. The Bertz CT molecular complexity index is 756. The Balaban J connectivity index is 2.08. The molecule has 1 amide bonds. The Kier molecular flexibility index (Phi) is 6.50. The first-order chi connectivity index (χ1) is 12.3. The Morgan fingerprint density at radius 2 is 1.50 bits per heavy atom. The molecule has 2 aromatic carbocycles. The van der Waals surface area contributed by atoms with Crippen LogP contribution >= 0.6 is 0 Å². The fourth-order valence-electron chi connectivity index (χ4n) is 2.67. The predicted octanol–water partition coefficient (Wildman–Crippen LogP) is 4.87. The maximum atomic E-state index is 12.9. The van der Waals surface area contributed by atoms with Gasteiger partial charge in [-0.3, -0.25) is 4.79 Å². The fourth-order valence-corrected chi connectivity index (χ4v) is 2.67. The molecule has 0 fully saturated rings. The van der Waals surface area contributed by atoms with Crippen LogP contribution in [0.25, 0.3) is 0 Å². The zero-order chi connectivity index (χ0) is 19.3. The summed E-state index contributed by atoms with van der Waals surface area (Å²) >= 11 is 0. The molecular formula is C21H24FNO3. The third kappa shape index (κ3) is 4.91. The van der Waals surface area contributed by atoms with E-state index in [1.165, 1.54) is 24.3 Å². The second kappa shape index (κ2) is 8.61. The highest BCUT2D eigenvalue weighted by atomic mass is 19.1. The topological polar surface area (TPSA) is 55.4 Å². The van der Waals surface area contributed by atoms with Gasteiger partial charge in [0, 0.05) is 5.69 Å². The molecule has 0 aliphatic rings.